The second kappa shape index (κ2) is 4.02. The van der Waals surface area contributed by atoms with Crippen molar-refractivity contribution < 1.29 is 0 Å². The molecule has 0 saturated heterocycles. The third-order valence-corrected chi connectivity index (χ3v) is 3.43. The standard InChI is InChI=1S/C14H17Cl/c1-9(2)6-11-4-5-13-12(8-11)7-10(3)14(13)15/h4-5,7-9,14H,6H2,1-3H3. The number of allylic oxidation sites excluding steroid dienone is 1. The molecule has 1 aromatic carbocycles. The van der Waals surface area contributed by atoms with Crippen LogP contribution >= 0.6 is 11.6 Å². The number of fused-ring (bicyclic) bond motifs is 1. The molecule has 1 heteroatoms. The third-order valence-electron chi connectivity index (χ3n) is 2.85. The van der Waals surface area contributed by atoms with E-state index >= 15 is 0 Å². The highest BCUT2D eigenvalue weighted by molar-refractivity contribution is 6.23. The summed E-state index contributed by atoms with van der Waals surface area (Å²) in [6.45, 7) is 6.59. The molecule has 1 atom stereocenters. The second-order valence-corrected chi connectivity index (χ2v) is 5.25. The van der Waals surface area contributed by atoms with Crippen LogP contribution in [0, 0.1) is 5.92 Å². The van der Waals surface area contributed by atoms with Gasteiger partial charge in [-0.2, -0.15) is 0 Å². The van der Waals surface area contributed by atoms with Crippen molar-refractivity contribution in [3.05, 3.63) is 40.5 Å². The molecule has 80 valence electrons. The molecule has 1 unspecified atom stereocenters. The quantitative estimate of drug-likeness (QED) is 0.640. The highest BCUT2D eigenvalue weighted by atomic mass is 35.5. The van der Waals surface area contributed by atoms with Crippen molar-refractivity contribution in [3.63, 3.8) is 0 Å². The first-order valence-corrected chi connectivity index (χ1v) is 5.96. The van der Waals surface area contributed by atoms with Gasteiger partial charge in [0.2, 0.25) is 0 Å². The maximum atomic E-state index is 6.28. The number of hydrogen-bond acceptors (Lipinski definition) is 0. The fraction of sp³-hybridized carbons (Fsp3) is 0.429. The molecule has 1 aromatic rings. The minimum absolute atomic E-state index is 0.0908. The van der Waals surface area contributed by atoms with Crippen LogP contribution in [-0.4, -0.2) is 0 Å². The van der Waals surface area contributed by atoms with E-state index in [-0.39, 0.29) is 5.38 Å². The van der Waals surface area contributed by atoms with Crippen molar-refractivity contribution in [1.82, 2.24) is 0 Å². The zero-order chi connectivity index (χ0) is 11.0. The Labute approximate surface area is 97.0 Å². The van der Waals surface area contributed by atoms with Crippen LogP contribution in [0.3, 0.4) is 0 Å². The maximum absolute atomic E-state index is 6.28. The van der Waals surface area contributed by atoms with Gasteiger partial charge in [-0.25, -0.2) is 0 Å². The Balaban J connectivity index is 2.32. The molecule has 0 heterocycles. The van der Waals surface area contributed by atoms with Crippen LogP contribution in [0.4, 0.5) is 0 Å². The van der Waals surface area contributed by atoms with E-state index in [2.05, 4.69) is 45.0 Å². The average Bonchev–Trinajstić information content (AvgIpc) is 2.41. The lowest BCUT2D eigenvalue weighted by atomic mass is 9.99. The maximum Gasteiger partial charge on any atom is 0.0801 e. The molecule has 0 bridgehead atoms. The van der Waals surface area contributed by atoms with E-state index in [1.54, 1.807) is 0 Å². The van der Waals surface area contributed by atoms with Gasteiger partial charge < -0.3 is 0 Å². The van der Waals surface area contributed by atoms with Gasteiger partial charge in [-0.15, -0.1) is 11.6 Å². The molecular weight excluding hydrogens is 204 g/mol. The largest absolute Gasteiger partial charge is 0.113 e. The lowest BCUT2D eigenvalue weighted by Crippen LogP contribution is -1.95. The minimum atomic E-state index is 0.0908. The number of benzene rings is 1. The van der Waals surface area contributed by atoms with E-state index < -0.39 is 0 Å². The van der Waals surface area contributed by atoms with E-state index in [4.69, 9.17) is 11.6 Å². The lowest BCUT2D eigenvalue weighted by Gasteiger charge is -2.09. The predicted octanol–water partition coefficient (Wildman–Crippen LogP) is 4.58. The zero-order valence-corrected chi connectivity index (χ0v) is 10.3. The highest BCUT2D eigenvalue weighted by Gasteiger charge is 2.19. The monoisotopic (exact) mass is 220 g/mol. The summed E-state index contributed by atoms with van der Waals surface area (Å²) < 4.78 is 0. The second-order valence-electron chi connectivity index (χ2n) is 4.81. The number of alkyl halides is 1. The molecule has 1 aliphatic rings. The molecule has 1 aliphatic carbocycles. The van der Waals surface area contributed by atoms with Gasteiger partial charge in [0, 0.05) is 0 Å². The van der Waals surface area contributed by atoms with Crippen LogP contribution < -0.4 is 0 Å². The van der Waals surface area contributed by atoms with Gasteiger partial charge in [-0.1, -0.05) is 43.7 Å². The van der Waals surface area contributed by atoms with Gasteiger partial charge in [-0.3, -0.25) is 0 Å². The van der Waals surface area contributed by atoms with Crippen molar-refractivity contribution >= 4 is 17.7 Å². The topological polar surface area (TPSA) is 0 Å². The van der Waals surface area contributed by atoms with Gasteiger partial charge in [0.15, 0.2) is 0 Å². The molecule has 2 rings (SSSR count). The average molecular weight is 221 g/mol. The minimum Gasteiger partial charge on any atom is -0.113 e. The first-order valence-electron chi connectivity index (χ1n) is 5.53. The van der Waals surface area contributed by atoms with Gasteiger partial charge in [0.05, 0.1) is 5.38 Å². The van der Waals surface area contributed by atoms with Crippen LogP contribution in [-0.2, 0) is 6.42 Å². The summed E-state index contributed by atoms with van der Waals surface area (Å²) in [5.74, 6) is 0.710. The van der Waals surface area contributed by atoms with Crippen LogP contribution in [0.5, 0.6) is 0 Å². The lowest BCUT2D eigenvalue weighted by molar-refractivity contribution is 0.647. The first kappa shape index (κ1) is 10.8. The van der Waals surface area contributed by atoms with Gasteiger partial charge >= 0.3 is 0 Å². The number of hydrogen-bond donors (Lipinski definition) is 0. The van der Waals surface area contributed by atoms with Gasteiger partial charge in [0.25, 0.3) is 0 Å². The molecule has 0 N–H and O–H groups in total. The predicted molar refractivity (Wildman–Crippen MR) is 67.2 cm³/mol. The number of halogens is 1. The normalized spacial score (nSPS) is 19.3. The van der Waals surface area contributed by atoms with Gasteiger partial charge in [0.1, 0.15) is 0 Å². The molecule has 0 fully saturated rings. The third kappa shape index (κ3) is 2.10. The molecule has 15 heavy (non-hydrogen) atoms. The van der Waals surface area contributed by atoms with Crippen molar-refractivity contribution in [2.45, 2.75) is 32.6 Å². The Morgan fingerprint density at radius 2 is 2.07 bits per heavy atom. The Kier molecular flexibility index (Phi) is 2.88. The van der Waals surface area contributed by atoms with Crippen LogP contribution in [0.1, 0.15) is 42.8 Å². The molecule has 0 aliphatic heterocycles. The van der Waals surface area contributed by atoms with Crippen LogP contribution in [0.25, 0.3) is 6.08 Å². The summed E-state index contributed by atoms with van der Waals surface area (Å²) in [6, 6.07) is 6.67. The van der Waals surface area contributed by atoms with Gasteiger partial charge in [-0.05, 0) is 36.0 Å². The van der Waals surface area contributed by atoms with E-state index in [1.807, 2.05) is 0 Å². The Hall–Kier alpha value is -0.750. The Morgan fingerprint density at radius 3 is 2.73 bits per heavy atom. The van der Waals surface area contributed by atoms with Crippen LogP contribution in [0.15, 0.2) is 23.8 Å². The Morgan fingerprint density at radius 1 is 1.33 bits per heavy atom. The van der Waals surface area contributed by atoms with E-state index in [0.29, 0.717) is 5.92 Å². The first-order chi connectivity index (χ1) is 7.08. The summed E-state index contributed by atoms with van der Waals surface area (Å²) in [5, 5.41) is 0.0908. The Bertz CT molecular complexity index is 402. The summed E-state index contributed by atoms with van der Waals surface area (Å²) in [7, 11) is 0. The molecular formula is C14H17Cl. The van der Waals surface area contributed by atoms with E-state index in [1.165, 1.54) is 22.3 Å². The fourth-order valence-electron chi connectivity index (χ4n) is 2.14. The molecule has 0 amide bonds. The van der Waals surface area contributed by atoms with Crippen molar-refractivity contribution in [3.8, 4) is 0 Å². The zero-order valence-electron chi connectivity index (χ0n) is 9.55. The summed E-state index contributed by atoms with van der Waals surface area (Å²) in [4.78, 5) is 0. The molecule has 0 spiro atoms. The molecule has 0 aromatic heterocycles. The summed E-state index contributed by atoms with van der Waals surface area (Å²) in [5.41, 5.74) is 5.25. The molecule has 0 nitrogen and oxygen atoms in total. The van der Waals surface area contributed by atoms with Crippen molar-refractivity contribution in [1.29, 1.82) is 0 Å². The fourth-order valence-corrected chi connectivity index (χ4v) is 2.40. The SMILES string of the molecule is CC1=Cc2cc(CC(C)C)ccc2C1Cl. The number of rotatable bonds is 2. The molecule has 0 radical (unpaired) electrons. The van der Waals surface area contributed by atoms with Crippen molar-refractivity contribution in [2.24, 2.45) is 5.92 Å². The van der Waals surface area contributed by atoms with Crippen LogP contribution in [0.2, 0.25) is 0 Å². The summed E-state index contributed by atoms with van der Waals surface area (Å²) >= 11 is 6.28. The van der Waals surface area contributed by atoms with E-state index in [0.717, 1.165) is 6.42 Å². The highest BCUT2D eigenvalue weighted by Crippen LogP contribution is 2.39. The van der Waals surface area contributed by atoms with Crippen molar-refractivity contribution in [2.75, 3.05) is 0 Å². The summed E-state index contributed by atoms with van der Waals surface area (Å²) in [6.07, 6.45) is 3.35. The smallest absolute Gasteiger partial charge is 0.0801 e. The van der Waals surface area contributed by atoms with E-state index in [9.17, 15) is 0 Å². The molecule has 0 saturated carbocycles.